The van der Waals surface area contributed by atoms with E-state index in [2.05, 4.69) is 13.8 Å². The van der Waals surface area contributed by atoms with Crippen molar-refractivity contribution in [2.45, 2.75) is 67.2 Å². The molecule has 1 aliphatic carbocycles. The van der Waals surface area contributed by atoms with Gasteiger partial charge in [0.15, 0.2) is 0 Å². The second kappa shape index (κ2) is 6.69. The zero-order valence-electron chi connectivity index (χ0n) is 8.04. The molecule has 0 unspecified atom stereocenters. The van der Waals surface area contributed by atoms with Crippen LogP contribution >= 0.6 is 0 Å². The first-order valence-electron chi connectivity index (χ1n) is 4.77. The third-order valence-corrected chi connectivity index (χ3v) is 2.41. The number of rotatable bonds is 2. The third-order valence-electron chi connectivity index (χ3n) is 2.41. The van der Waals surface area contributed by atoms with Crippen molar-refractivity contribution >= 4 is 0 Å². The van der Waals surface area contributed by atoms with Crippen LogP contribution in [0.15, 0.2) is 0 Å². The van der Waals surface area contributed by atoms with Gasteiger partial charge in [-0.2, -0.15) is 0 Å². The summed E-state index contributed by atoms with van der Waals surface area (Å²) >= 11 is 0. The Kier molecular flexibility index (Phi) is 8.26. The maximum atomic E-state index is 2.42. The summed E-state index contributed by atoms with van der Waals surface area (Å²) in [4.78, 5) is 0. The highest BCUT2D eigenvalue weighted by Gasteiger charge is 2.29. The highest BCUT2D eigenvalue weighted by Crippen LogP contribution is 2.43. The van der Waals surface area contributed by atoms with Crippen molar-refractivity contribution in [1.82, 2.24) is 0 Å². The summed E-state index contributed by atoms with van der Waals surface area (Å²) in [7, 11) is 0. The second-order valence-corrected chi connectivity index (χ2v) is 3.41. The minimum Gasteiger partial charge on any atom is -0.0776 e. The minimum atomic E-state index is 0. The lowest BCUT2D eigenvalue weighted by Gasteiger charge is -2.38. The molecule has 70 valence electrons. The van der Waals surface area contributed by atoms with Crippen LogP contribution in [0.5, 0.6) is 0 Å². The van der Waals surface area contributed by atoms with Gasteiger partial charge in [-0.25, -0.2) is 0 Å². The van der Waals surface area contributed by atoms with Gasteiger partial charge in [0, 0.05) is 0 Å². The first-order valence-corrected chi connectivity index (χ1v) is 4.77. The Balaban J connectivity index is 0. The number of hydrogen-bond donors (Lipinski definition) is 0. The Labute approximate surface area is 73.4 Å². The van der Waals surface area contributed by atoms with Gasteiger partial charge in [0.1, 0.15) is 0 Å². The highest BCUT2D eigenvalue weighted by atomic mass is 14.3. The summed E-state index contributed by atoms with van der Waals surface area (Å²) in [5, 5.41) is 0. The van der Waals surface area contributed by atoms with Crippen LogP contribution in [0.3, 0.4) is 0 Å². The lowest BCUT2D eigenvalue weighted by atomic mass is 9.68. The van der Waals surface area contributed by atoms with Gasteiger partial charge in [0.2, 0.25) is 0 Å². The normalized spacial score (nSPS) is 18.5. The quantitative estimate of drug-likeness (QED) is 0.549. The van der Waals surface area contributed by atoms with Crippen LogP contribution in [0.4, 0.5) is 0 Å². The summed E-state index contributed by atoms with van der Waals surface area (Å²) in [6.07, 6.45) is 7.28. The average Bonchev–Trinajstić information content (AvgIpc) is 1.90. The first-order chi connectivity index (χ1) is 4.77. The molecule has 0 atom stereocenters. The van der Waals surface area contributed by atoms with Crippen LogP contribution in [0.2, 0.25) is 0 Å². The average molecular weight is 158 g/mol. The Hall–Kier alpha value is 0. The molecule has 1 saturated carbocycles. The van der Waals surface area contributed by atoms with Crippen molar-refractivity contribution in [3.8, 4) is 0 Å². The molecule has 0 aromatic heterocycles. The van der Waals surface area contributed by atoms with Gasteiger partial charge in [0.05, 0.1) is 0 Å². The van der Waals surface area contributed by atoms with Crippen LogP contribution in [0.1, 0.15) is 67.2 Å². The van der Waals surface area contributed by atoms with Gasteiger partial charge in [0.25, 0.3) is 0 Å². The van der Waals surface area contributed by atoms with E-state index in [1.807, 2.05) is 13.8 Å². The molecular weight excluding hydrogens is 132 g/mol. The van der Waals surface area contributed by atoms with E-state index < -0.39 is 0 Å². The van der Waals surface area contributed by atoms with E-state index in [1.54, 1.807) is 0 Å². The molecule has 0 amide bonds. The molecule has 0 bridgehead atoms. The van der Waals surface area contributed by atoms with E-state index >= 15 is 0 Å². The smallest absolute Gasteiger partial charge is 0.0326 e. The van der Waals surface area contributed by atoms with Gasteiger partial charge >= 0.3 is 0 Å². The summed E-state index contributed by atoms with van der Waals surface area (Å²) in [5.74, 6) is 0. The van der Waals surface area contributed by atoms with Crippen molar-refractivity contribution in [3.63, 3.8) is 0 Å². The van der Waals surface area contributed by atoms with E-state index in [9.17, 15) is 0 Å². The van der Waals surface area contributed by atoms with Crippen LogP contribution in [-0.4, -0.2) is 0 Å². The van der Waals surface area contributed by atoms with E-state index in [0.717, 1.165) is 5.41 Å². The predicted molar refractivity (Wildman–Crippen MR) is 54.9 cm³/mol. The van der Waals surface area contributed by atoms with Crippen LogP contribution in [-0.2, 0) is 0 Å². The molecule has 0 heteroatoms. The standard InChI is InChI=1S/C8H16.C2H6.CH4/c1-3-5-8(2)6-4-7-8;1-2;/h3-7H2,1-2H3;1-2H3;1H4. The highest BCUT2D eigenvalue weighted by molar-refractivity contribution is 4.82. The van der Waals surface area contributed by atoms with Gasteiger partial charge in [-0.1, -0.05) is 48.0 Å². The first kappa shape index (κ1) is 13.6. The van der Waals surface area contributed by atoms with Crippen molar-refractivity contribution in [2.75, 3.05) is 0 Å². The molecule has 0 N–H and O–H groups in total. The lowest BCUT2D eigenvalue weighted by Crippen LogP contribution is -2.24. The summed E-state index contributed by atoms with van der Waals surface area (Å²) in [5.41, 5.74) is 0.773. The Morgan fingerprint density at radius 1 is 1.18 bits per heavy atom. The number of hydrogen-bond acceptors (Lipinski definition) is 0. The minimum absolute atomic E-state index is 0. The molecule has 1 fully saturated rings. The molecule has 0 spiro atoms. The van der Waals surface area contributed by atoms with Crippen LogP contribution < -0.4 is 0 Å². The maximum Gasteiger partial charge on any atom is -0.0326 e. The molecule has 0 aliphatic heterocycles. The van der Waals surface area contributed by atoms with Gasteiger partial charge < -0.3 is 0 Å². The van der Waals surface area contributed by atoms with Gasteiger partial charge in [-0.3, -0.25) is 0 Å². The van der Waals surface area contributed by atoms with E-state index in [4.69, 9.17) is 0 Å². The molecule has 0 heterocycles. The maximum absolute atomic E-state index is 2.42. The van der Waals surface area contributed by atoms with Crippen molar-refractivity contribution in [1.29, 1.82) is 0 Å². The molecule has 1 aliphatic rings. The third kappa shape index (κ3) is 4.44. The van der Waals surface area contributed by atoms with Gasteiger partial charge in [-0.15, -0.1) is 0 Å². The Morgan fingerprint density at radius 2 is 1.64 bits per heavy atom. The molecule has 0 aromatic rings. The zero-order chi connectivity index (χ0) is 8.04. The second-order valence-electron chi connectivity index (χ2n) is 3.41. The van der Waals surface area contributed by atoms with E-state index in [0.29, 0.717) is 0 Å². The SMILES string of the molecule is C.CC.CCCC1(C)CCC1. The predicted octanol–water partition coefficient (Wildman–Crippen LogP) is 4.64. The van der Waals surface area contributed by atoms with E-state index in [1.165, 1.54) is 32.1 Å². The fourth-order valence-corrected chi connectivity index (χ4v) is 1.63. The Bertz CT molecular complexity index is 70.1. The lowest BCUT2D eigenvalue weighted by molar-refractivity contribution is 0.145. The molecule has 1 rings (SSSR count). The summed E-state index contributed by atoms with van der Waals surface area (Å²) in [6, 6.07) is 0. The zero-order valence-corrected chi connectivity index (χ0v) is 8.04. The van der Waals surface area contributed by atoms with Crippen molar-refractivity contribution < 1.29 is 0 Å². The largest absolute Gasteiger partial charge is 0.0776 e. The fourth-order valence-electron chi connectivity index (χ4n) is 1.63. The van der Waals surface area contributed by atoms with Crippen LogP contribution in [0.25, 0.3) is 0 Å². The molecule has 0 aromatic carbocycles. The van der Waals surface area contributed by atoms with Gasteiger partial charge in [-0.05, 0) is 24.7 Å². The summed E-state index contributed by atoms with van der Waals surface area (Å²) in [6.45, 7) is 8.70. The fraction of sp³-hybridized carbons (Fsp3) is 1.00. The Morgan fingerprint density at radius 3 is 1.73 bits per heavy atom. The molecule has 11 heavy (non-hydrogen) atoms. The van der Waals surface area contributed by atoms with Crippen molar-refractivity contribution in [3.05, 3.63) is 0 Å². The van der Waals surface area contributed by atoms with Crippen LogP contribution in [0, 0.1) is 5.41 Å². The molecule has 0 nitrogen and oxygen atoms in total. The van der Waals surface area contributed by atoms with E-state index in [-0.39, 0.29) is 7.43 Å². The monoisotopic (exact) mass is 158 g/mol. The van der Waals surface area contributed by atoms with Crippen molar-refractivity contribution in [2.24, 2.45) is 5.41 Å². The molecule has 0 saturated heterocycles. The summed E-state index contributed by atoms with van der Waals surface area (Å²) < 4.78 is 0. The molecule has 0 radical (unpaired) electrons. The molecular formula is C11H26. The topological polar surface area (TPSA) is 0 Å².